The zero-order chi connectivity index (χ0) is 15.6. The van der Waals surface area contributed by atoms with Crippen molar-refractivity contribution in [3.8, 4) is 0 Å². The highest BCUT2D eigenvalue weighted by Gasteiger charge is 2.14. The van der Waals surface area contributed by atoms with Crippen molar-refractivity contribution in [2.75, 3.05) is 0 Å². The van der Waals surface area contributed by atoms with Crippen LogP contribution in [0.15, 0.2) is 18.7 Å². The van der Waals surface area contributed by atoms with Crippen LogP contribution in [-0.4, -0.2) is 15.3 Å². The number of hydrogen-bond acceptors (Lipinski definition) is 2. The molecule has 1 heterocycles. The lowest BCUT2D eigenvalue weighted by Gasteiger charge is -2.18. The van der Waals surface area contributed by atoms with E-state index in [4.69, 9.17) is 0 Å². The average molecular weight is 284 g/mol. The van der Waals surface area contributed by atoms with E-state index < -0.39 is 0 Å². The number of Topliss-reactive ketones (excluding diaryl/α,β-unsaturated/α-hetero) is 1. The lowest BCUT2D eigenvalue weighted by molar-refractivity contribution is -0.118. The molecule has 0 aliphatic rings. The van der Waals surface area contributed by atoms with Gasteiger partial charge in [-0.1, -0.05) is 0 Å². The molecule has 0 aliphatic carbocycles. The summed E-state index contributed by atoms with van der Waals surface area (Å²) < 4.78 is 1.95. The van der Waals surface area contributed by atoms with Crippen LogP contribution < -0.4 is 0 Å². The number of rotatable bonds is 5. The summed E-state index contributed by atoms with van der Waals surface area (Å²) >= 11 is 0. The molecule has 3 nitrogen and oxygen atoms in total. The van der Waals surface area contributed by atoms with E-state index in [1.54, 1.807) is 12.5 Å². The van der Waals surface area contributed by atoms with Crippen molar-refractivity contribution < 1.29 is 4.79 Å². The van der Waals surface area contributed by atoms with E-state index in [9.17, 15) is 4.79 Å². The fourth-order valence-corrected chi connectivity index (χ4v) is 2.80. The summed E-state index contributed by atoms with van der Waals surface area (Å²) in [6, 6.07) is 0. The van der Waals surface area contributed by atoms with Gasteiger partial charge >= 0.3 is 0 Å². The normalized spacial score (nSPS) is 10.9. The van der Waals surface area contributed by atoms with E-state index >= 15 is 0 Å². The fourth-order valence-electron chi connectivity index (χ4n) is 2.80. The first-order valence-corrected chi connectivity index (χ1v) is 7.45. The number of carbonyl (C=O) groups excluding carboxylic acids is 1. The molecule has 0 saturated carbocycles. The van der Waals surface area contributed by atoms with Crippen LogP contribution in [0.1, 0.15) is 39.8 Å². The molecule has 0 bridgehead atoms. The third kappa shape index (κ3) is 3.23. The maximum Gasteiger partial charge on any atom is 0.139 e. The smallest absolute Gasteiger partial charge is 0.139 e. The summed E-state index contributed by atoms with van der Waals surface area (Å²) in [7, 11) is 0. The van der Waals surface area contributed by atoms with Crippen molar-refractivity contribution in [1.82, 2.24) is 9.55 Å². The second kappa shape index (κ2) is 6.25. The lowest BCUT2D eigenvalue weighted by Crippen LogP contribution is -2.11. The minimum atomic E-state index is 0.289. The van der Waals surface area contributed by atoms with Crippen LogP contribution in [0.3, 0.4) is 0 Å². The number of aromatic nitrogens is 2. The van der Waals surface area contributed by atoms with Crippen molar-refractivity contribution >= 4 is 5.78 Å². The SMILES string of the molecule is Cc1c(C)c(C)c(CC(=O)CCn2ccnc2)c(C)c1C. The first-order valence-electron chi connectivity index (χ1n) is 7.45. The number of nitrogens with zero attached hydrogens (tertiary/aromatic N) is 2. The Labute approximate surface area is 127 Å². The molecule has 2 aromatic rings. The number of imidazole rings is 1. The molecule has 112 valence electrons. The van der Waals surface area contributed by atoms with Gasteiger partial charge in [0.1, 0.15) is 5.78 Å². The summed E-state index contributed by atoms with van der Waals surface area (Å²) in [5, 5.41) is 0. The quantitative estimate of drug-likeness (QED) is 0.840. The van der Waals surface area contributed by atoms with E-state index in [0.29, 0.717) is 19.4 Å². The Hall–Kier alpha value is -1.90. The van der Waals surface area contributed by atoms with Crippen LogP contribution in [0.4, 0.5) is 0 Å². The number of carbonyl (C=O) groups is 1. The zero-order valence-electron chi connectivity index (χ0n) is 13.7. The van der Waals surface area contributed by atoms with Gasteiger partial charge in [-0.25, -0.2) is 4.98 Å². The van der Waals surface area contributed by atoms with Gasteiger partial charge in [0, 0.05) is 31.8 Å². The Balaban J connectivity index is 2.14. The summed E-state index contributed by atoms with van der Waals surface area (Å²) in [5.74, 6) is 0.289. The van der Waals surface area contributed by atoms with Gasteiger partial charge < -0.3 is 4.57 Å². The monoisotopic (exact) mass is 284 g/mol. The van der Waals surface area contributed by atoms with Crippen LogP contribution in [-0.2, 0) is 17.8 Å². The van der Waals surface area contributed by atoms with Crippen molar-refractivity contribution in [3.63, 3.8) is 0 Å². The number of benzene rings is 1. The summed E-state index contributed by atoms with van der Waals surface area (Å²) in [6.07, 6.45) is 6.48. The second-order valence-corrected chi connectivity index (χ2v) is 5.87. The molecule has 0 radical (unpaired) electrons. The third-order valence-corrected chi connectivity index (χ3v) is 4.74. The lowest BCUT2D eigenvalue weighted by atomic mass is 9.87. The first-order chi connectivity index (χ1) is 9.91. The molecule has 21 heavy (non-hydrogen) atoms. The number of hydrogen-bond donors (Lipinski definition) is 0. The maximum atomic E-state index is 12.3. The molecule has 1 aromatic heterocycles. The van der Waals surface area contributed by atoms with E-state index in [-0.39, 0.29) is 5.78 Å². The predicted molar refractivity (Wildman–Crippen MR) is 85.7 cm³/mol. The number of aryl methyl sites for hydroxylation is 1. The topological polar surface area (TPSA) is 34.9 Å². The molecule has 0 unspecified atom stereocenters. The zero-order valence-corrected chi connectivity index (χ0v) is 13.7. The maximum absolute atomic E-state index is 12.3. The van der Waals surface area contributed by atoms with Crippen LogP contribution in [0.5, 0.6) is 0 Å². The summed E-state index contributed by atoms with van der Waals surface area (Å²) in [6.45, 7) is 11.4. The van der Waals surface area contributed by atoms with Crippen LogP contribution in [0.25, 0.3) is 0 Å². The third-order valence-electron chi connectivity index (χ3n) is 4.74. The Morgan fingerprint density at radius 2 is 1.57 bits per heavy atom. The molecule has 0 spiro atoms. The molecule has 2 rings (SSSR count). The van der Waals surface area contributed by atoms with Gasteiger partial charge in [-0.05, 0) is 68.0 Å². The van der Waals surface area contributed by atoms with Gasteiger partial charge in [0.2, 0.25) is 0 Å². The van der Waals surface area contributed by atoms with Crippen LogP contribution in [0.2, 0.25) is 0 Å². The Bertz CT molecular complexity index is 625. The molecule has 0 N–H and O–H groups in total. The minimum Gasteiger partial charge on any atom is -0.337 e. The molecular formula is C18H24N2O. The van der Waals surface area contributed by atoms with Crippen molar-refractivity contribution in [2.45, 2.75) is 54.0 Å². The minimum absolute atomic E-state index is 0.289. The molecule has 3 heteroatoms. The summed E-state index contributed by atoms with van der Waals surface area (Å²) in [5.41, 5.74) is 7.73. The molecule has 0 amide bonds. The van der Waals surface area contributed by atoms with Crippen molar-refractivity contribution in [3.05, 3.63) is 52.1 Å². The van der Waals surface area contributed by atoms with Crippen LogP contribution >= 0.6 is 0 Å². The van der Waals surface area contributed by atoms with Gasteiger partial charge in [0.15, 0.2) is 0 Å². The van der Waals surface area contributed by atoms with Gasteiger partial charge in [0.05, 0.1) is 6.33 Å². The van der Waals surface area contributed by atoms with Gasteiger partial charge in [-0.15, -0.1) is 0 Å². The standard InChI is InChI=1S/C18H24N2O/c1-12-13(2)15(4)18(16(5)14(12)3)10-17(21)6-8-20-9-7-19-11-20/h7,9,11H,6,8,10H2,1-5H3. The Morgan fingerprint density at radius 3 is 2.10 bits per heavy atom. The van der Waals surface area contributed by atoms with Gasteiger partial charge in [-0.3, -0.25) is 4.79 Å². The number of ketones is 1. The fraction of sp³-hybridized carbons (Fsp3) is 0.444. The van der Waals surface area contributed by atoms with Gasteiger partial charge in [-0.2, -0.15) is 0 Å². The van der Waals surface area contributed by atoms with E-state index in [0.717, 1.165) is 0 Å². The highest BCUT2D eigenvalue weighted by atomic mass is 16.1. The van der Waals surface area contributed by atoms with Crippen molar-refractivity contribution in [1.29, 1.82) is 0 Å². The van der Waals surface area contributed by atoms with Gasteiger partial charge in [0.25, 0.3) is 0 Å². The molecule has 0 saturated heterocycles. The highest BCUT2D eigenvalue weighted by molar-refractivity contribution is 5.82. The molecule has 0 aliphatic heterocycles. The van der Waals surface area contributed by atoms with E-state index in [1.165, 1.54) is 33.4 Å². The average Bonchev–Trinajstić information content (AvgIpc) is 2.99. The molecule has 0 atom stereocenters. The largest absolute Gasteiger partial charge is 0.337 e. The van der Waals surface area contributed by atoms with Crippen molar-refractivity contribution in [2.24, 2.45) is 0 Å². The van der Waals surface area contributed by atoms with Crippen LogP contribution in [0, 0.1) is 34.6 Å². The molecule has 0 fully saturated rings. The highest BCUT2D eigenvalue weighted by Crippen LogP contribution is 2.26. The second-order valence-electron chi connectivity index (χ2n) is 5.87. The molecule has 1 aromatic carbocycles. The Kier molecular flexibility index (Phi) is 4.61. The van der Waals surface area contributed by atoms with E-state index in [2.05, 4.69) is 39.6 Å². The predicted octanol–water partition coefficient (Wildman–Crippen LogP) is 3.63. The van der Waals surface area contributed by atoms with E-state index in [1.807, 2.05) is 10.8 Å². The first kappa shape index (κ1) is 15.5. The molecular weight excluding hydrogens is 260 g/mol. The Morgan fingerprint density at radius 1 is 1.00 bits per heavy atom. The summed E-state index contributed by atoms with van der Waals surface area (Å²) in [4.78, 5) is 16.3.